The van der Waals surface area contributed by atoms with Crippen LogP contribution in [0.1, 0.15) is 28.8 Å². The smallest absolute Gasteiger partial charge is 0.316 e. The lowest BCUT2D eigenvalue weighted by molar-refractivity contribution is -0.385. The lowest BCUT2D eigenvalue weighted by atomic mass is 10.1. The molecule has 1 fully saturated rings. The molecule has 8 nitrogen and oxygen atoms in total. The Morgan fingerprint density at radius 1 is 1.38 bits per heavy atom. The number of carbonyl (C=O) groups excluding carboxylic acids is 1. The maximum absolute atomic E-state index is 12.7. The summed E-state index contributed by atoms with van der Waals surface area (Å²) < 4.78 is 5.72. The van der Waals surface area contributed by atoms with Crippen molar-refractivity contribution in [2.24, 2.45) is 0 Å². The van der Waals surface area contributed by atoms with Gasteiger partial charge >= 0.3 is 6.01 Å². The summed E-state index contributed by atoms with van der Waals surface area (Å²) >= 11 is 5.75. The molecule has 1 unspecified atom stereocenters. The molecule has 1 atom stereocenters. The van der Waals surface area contributed by atoms with Crippen molar-refractivity contribution in [3.05, 3.63) is 56.9 Å². The van der Waals surface area contributed by atoms with Crippen molar-refractivity contribution in [2.75, 3.05) is 13.1 Å². The lowest BCUT2D eigenvalue weighted by Crippen LogP contribution is -2.44. The number of nitrogens with zero attached hydrogens (tertiary/aromatic N) is 4. The van der Waals surface area contributed by atoms with Gasteiger partial charge in [-0.05, 0) is 25.8 Å². The van der Waals surface area contributed by atoms with E-state index < -0.39 is 4.92 Å². The van der Waals surface area contributed by atoms with Crippen LogP contribution in [0.25, 0.3) is 0 Å². The van der Waals surface area contributed by atoms with E-state index in [0.717, 1.165) is 12.8 Å². The van der Waals surface area contributed by atoms with Gasteiger partial charge in [0.25, 0.3) is 11.6 Å². The first-order valence-electron chi connectivity index (χ1n) is 8.12. The molecule has 1 aromatic heterocycles. The number of nitro benzene ring substituents is 1. The average molecular weight is 377 g/mol. The number of rotatable bonds is 4. The monoisotopic (exact) mass is 376 g/mol. The third kappa shape index (κ3) is 4.08. The number of carbonyl (C=O) groups is 1. The predicted molar refractivity (Wildman–Crippen MR) is 94.4 cm³/mol. The summed E-state index contributed by atoms with van der Waals surface area (Å²) in [5, 5.41) is 11.5. The number of aromatic nitrogens is 2. The van der Waals surface area contributed by atoms with Crippen LogP contribution in [0.2, 0.25) is 5.02 Å². The number of piperidine rings is 1. The molecule has 2 heterocycles. The second-order valence-electron chi connectivity index (χ2n) is 6.08. The zero-order valence-electron chi connectivity index (χ0n) is 14.1. The Bertz CT molecular complexity index is 828. The number of benzene rings is 1. The number of amides is 1. The minimum Gasteiger partial charge on any atom is -0.458 e. The highest BCUT2D eigenvalue weighted by Crippen LogP contribution is 2.22. The Hall–Kier alpha value is -2.74. The number of hydrogen-bond donors (Lipinski definition) is 0. The molecular weight excluding hydrogens is 360 g/mol. The Labute approximate surface area is 154 Å². The summed E-state index contributed by atoms with van der Waals surface area (Å²) in [5.74, 6) is -0.251. The van der Waals surface area contributed by atoms with Crippen molar-refractivity contribution in [1.29, 1.82) is 0 Å². The Balaban J connectivity index is 1.70. The molecule has 1 aromatic carbocycles. The van der Waals surface area contributed by atoms with Gasteiger partial charge in [0.2, 0.25) is 0 Å². The highest BCUT2D eigenvalue weighted by atomic mass is 35.5. The lowest BCUT2D eigenvalue weighted by Gasteiger charge is -2.32. The van der Waals surface area contributed by atoms with Crippen molar-refractivity contribution in [1.82, 2.24) is 14.9 Å². The summed E-state index contributed by atoms with van der Waals surface area (Å²) in [6, 6.07) is 4.73. The van der Waals surface area contributed by atoms with E-state index in [1.807, 2.05) is 0 Å². The average Bonchev–Trinajstić information content (AvgIpc) is 2.63. The number of halogens is 1. The molecule has 9 heteroatoms. The standard InChI is InChI=1S/C17H17ClN4O4/c1-11-4-5-12(7-15(11)22(24)25)16(23)21-6-2-3-14(10-21)26-17-19-8-13(18)9-20-17/h4-5,7-9,14H,2-3,6,10H2,1H3. The molecule has 1 aliphatic heterocycles. The summed E-state index contributed by atoms with van der Waals surface area (Å²) in [5.41, 5.74) is 0.757. The van der Waals surface area contributed by atoms with Crippen LogP contribution < -0.4 is 4.74 Å². The van der Waals surface area contributed by atoms with E-state index in [1.165, 1.54) is 18.5 Å². The van der Waals surface area contributed by atoms with E-state index in [4.69, 9.17) is 16.3 Å². The first kappa shape index (κ1) is 18.1. The summed E-state index contributed by atoms with van der Waals surface area (Å²) in [7, 11) is 0. The summed E-state index contributed by atoms with van der Waals surface area (Å²) in [6.45, 7) is 2.58. The second kappa shape index (κ2) is 7.65. The number of aryl methyl sites for hydroxylation is 1. The van der Waals surface area contributed by atoms with Gasteiger partial charge in [0, 0.05) is 23.7 Å². The Morgan fingerprint density at radius 2 is 2.12 bits per heavy atom. The minimum absolute atomic E-state index is 0.0600. The van der Waals surface area contributed by atoms with Crippen LogP contribution in [0, 0.1) is 17.0 Å². The van der Waals surface area contributed by atoms with Crippen LogP contribution in [0.15, 0.2) is 30.6 Å². The van der Waals surface area contributed by atoms with E-state index in [9.17, 15) is 14.9 Å². The van der Waals surface area contributed by atoms with Crippen molar-refractivity contribution in [3.8, 4) is 6.01 Å². The van der Waals surface area contributed by atoms with Gasteiger partial charge in [0.15, 0.2) is 0 Å². The fourth-order valence-corrected chi connectivity index (χ4v) is 2.95. The molecule has 0 N–H and O–H groups in total. The first-order chi connectivity index (χ1) is 12.4. The normalized spacial score (nSPS) is 17.0. The molecule has 136 valence electrons. The zero-order valence-corrected chi connectivity index (χ0v) is 14.8. The number of nitro groups is 1. The molecular formula is C17H17ClN4O4. The maximum Gasteiger partial charge on any atom is 0.316 e. The third-order valence-electron chi connectivity index (χ3n) is 4.19. The number of ether oxygens (including phenoxy) is 1. The molecule has 1 saturated heterocycles. The highest BCUT2D eigenvalue weighted by molar-refractivity contribution is 6.30. The molecule has 1 aliphatic rings. The zero-order chi connectivity index (χ0) is 18.7. The van der Waals surface area contributed by atoms with Crippen molar-refractivity contribution < 1.29 is 14.5 Å². The molecule has 26 heavy (non-hydrogen) atoms. The third-order valence-corrected chi connectivity index (χ3v) is 4.38. The van der Waals surface area contributed by atoms with Crippen molar-refractivity contribution in [3.63, 3.8) is 0 Å². The molecule has 0 bridgehead atoms. The van der Waals surface area contributed by atoms with Gasteiger partial charge in [-0.1, -0.05) is 17.7 Å². The molecule has 0 saturated carbocycles. The van der Waals surface area contributed by atoms with Gasteiger partial charge in [-0.2, -0.15) is 0 Å². The van der Waals surface area contributed by atoms with E-state index in [0.29, 0.717) is 29.2 Å². The second-order valence-corrected chi connectivity index (χ2v) is 6.51. The van der Waals surface area contributed by atoms with Gasteiger partial charge in [0.05, 0.1) is 28.9 Å². The summed E-state index contributed by atoms with van der Waals surface area (Å²) in [4.78, 5) is 33.0. The van der Waals surface area contributed by atoms with Crippen LogP contribution in [0.4, 0.5) is 5.69 Å². The highest BCUT2D eigenvalue weighted by Gasteiger charge is 2.27. The van der Waals surface area contributed by atoms with Gasteiger partial charge in [0.1, 0.15) is 6.10 Å². The largest absolute Gasteiger partial charge is 0.458 e. The quantitative estimate of drug-likeness (QED) is 0.600. The maximum atomic E-state index is 12.7. The Kier molecular flexibility index (Phi) is 5.32. The molecule has 0 aliphatic carbocycles. The van der Waals surface area contributed by atoms with E-state index >= 15 is 0 Å². The van der Waals surface area contributed by atoms with E-state index in [-0.39, 0.29) is 23.7 Å². The van der Waals surface area contributed by atoms with Crippen LogP contribution in [0.3, 0.4) is 0 Å². The van der Waals surface area contributed by atoms with Gasteiger partial charge in [-0.3, -0.25) is 14.9 Å². The molecule has 1 amide bonds. The van der Waals surface area contributed by atoms with Gasteiger partial charge in [-0.15, -0.1) is 0 Å². The first-order valence-corrected chi connectivity index (χ1v) is 8.50. The fourth-order valence-electron chi connectivity index (χ4n) is 2.85. The van der Waals surface area contributed by atoms with Crippen LogP contribution >= 0.6 is 11.6 Å². The van der Waals surface area contributed by atoms with Crippen LogP contribution in [0.5, 0.6) is 6.01 Å². The van der Waals surface area contributed by atoms with Crippen LogP contribution in [-0.2, 0) is 0 Å². The number of likely N-dealkylation sites (tertiary alicyclic amines) is 1. The van der Waals surface area contributed by atoms with Crippen molar-refractivity contribution in [2.45, 2.75) is 25.9 Å². The molecule has 3 rings (SSSR count). The van der Waals surface area contributed by atoms with E-state index in [2.05, 4.69) is 9.97 Å². The van der Waals surface area contributed by atoms with E-state index in [1.54, 1.807) is 24.0 Å². The van der Waals surface area contributed by atoms with Crippen LogP contribution in [-0.4, -0.2) is 44.9 Å². The summed E-state index contributed by atoms with van der Waals surface area (Å²) in [6.07, 6.45) is 4.18. The molecule has 0 radical (unpaired) electrons. The predicted octanol–water partition coefficient (Wildman–Crippen LogP) is 3.03. The minimum atomic E-state index is -0.480. The Morgan fingerprint density at radius 3 is 2.81 bits per heavy atom. The molecule has 0 spiro atoms. The van der Waals surface area contributed by atoms with Crippen molar-refractivity contribution >= 4 is 23.2 Å². The topological polar surface area (TPSA) is 98.5 Å². The SMILES string of the molecule is Cc1ccc(C(=O)N2CCCC(Oc3ncc(Cl)cn3)C2)cc1[N+](=O)[O-]. The van der Waals surface area contributed by atoms with Gasteiger partial charge < -0.3 is 9.64 Å². The fraction of sp³-hybridized carbons (Fsp3) is 0.353. The van der Waals surface area contributed by atoms with Gasteiger partial charge in [-0.25, -0.2) is 9.97 Å². The number of hydrogen-bond acceptors (Lipinski definition) is 6. The molecule has 2 aromatic rings.